The van der Waals surface area contributed by atoms with Gasteiger partial charge >= 0.3 is 0 Å². The number of nitrogens with zero attached hydrogens (tertiary/aromatic N) is 2. The van der Waals surface area contributed by atoms with Crippen LogP contribution >= 0.6 is 0 Å². The zero-order valence-corrected chi connectivity index (χ0v) is 14.9. The highest BCUT2D eigenvalue weighted by Gasteiger charge is 2.35. The van der Waals surface area contributed by atoms with E-state index in [1.807, 2.05) is 31.7 Å². The number of benzene rings is 1. The van der Waals surface area contributed by atoms with Gasteiger partial charge in [0.25, 0.3) is 11.8 Å². The first-order chi connectivity index (χ1) is 11.9. The number of morpholine rings is 1. The van der Waals surface area contributed by atoms with Crippen molar-refractivity contribution in [2.24, 2.45) is 0 Å². The molecule has 3 rings (SSSR count). The topological polar surface area (TPSA) is 66.9 Å². The Balaban J connectivity index is 1.55. The van der Waals surface area contributed by atoms with Crippen molar-refractivity contribution in [1.29, 1.82) is 0 Å². The van der Waals surface area contributed by atoms with E-state index >= 15 is 0 Å². The predicted octanol–water partition coefficient (Wildman–Crippen LogP) is 2.01. The number of fused-ring (bicyclic) bond motifs is 1. The minimum atomic E-state index is -0.263. The number of rotatable bonds is 4. The number of carbonyl (C=O) groups excluding carboxylic acids is 3. The Morgan fingerprint density at radius 2 is 1.76 bits per heavy atom. The van der Waals surface area contributed by atoms with E-state index in [1.54, 1.807) is 12.1 Å². The van der Waals surface area contributed by atoms with Crippen molar-refractivity contribution in [1.82, 2.24) is 9.80 Å². The van der Waals surface area contributed by atoms with Gasteiger partial charge < -0.3 is 9.64 Å². The molecule has 1 saturated heterocycles. The Bertz CT molecular complexity index is 705. The fourth-order valence-electron chi connectivity index (χ4n) is 3.54. The fourth-order valence-corrected chi connectivity index (χ4v) is 3.54. The molecule has 0 bridgehead atoms. The van der Waals surface area contributed by atoms with Crippen LogP contribution < -0.4 is 0 Å². The molecule has 2 aliphatic heterocycles. The van der Waals surface area contributed by atoms with Gasteiger partial charge in [-0.2, -0.15) is 0 Å². The third kappa shape index (κ3) is 3.58. The Kier molecular flexibility index (Phi) is 4.90. The van der Waals surface area contributed by atoms with Gasteiger partial charge in [-0.25, -0.2) is 0 Å². The summed E-state index contributed by atoms with van der Waals surface area (Å²) in [6.45, 7) is 7.26. The first-order valence-corrected chi connectivity index (χ1v) is 8.77. The maximum absolute atomic E-state index is 12.4. The molecule has 3 amide bonds. The van der Waals surface area contributed by atoms with Crippen LogP contribution in [0.15, 0.2) is 18.2 Å². The van der Waals surface area contributed by atoms with Gasteiger partial charge in [0, 0.05) is 26.1 Å². The van der Waals surface area contributed by atoms with Gasteiger partial charge in [0.1, 0.15) is 0 Å². The lowest BCUT2D eigenvalue weighted by Gasteiger charge is -2.35. The Hall–Kier alpha value is -2.21. The largest absolute Gasteiger partial charge is 0.372 e. The lowest BCUT2D eigenvalue weighted by atomic mass is 10.1. The van der Waals surface area contributed by atoms with E-state index in [0.29, 0.717) is 37.1 Å². The normalized spacial score (nSPS) is 23.2. The van der Waals surface area contributed by atoms with E-state index in [2.05, 4.69) is 0 Å². The first-order valence-electron chi connectivity index (χ1n) is 8.77. The number of carbonyl (C=O) groups is 3. The second-order valence-corrected chi connectivity index (χ2v) is 6.97. The molecule has 6 nitrogen and oxygen atoms in total. The van der Waals surface area contributed by atoms with Crippen LogP contribution in [0.3, 0.4) is 0 Å². The molecular weight excluding hydrogens is 320 g/mol. The van der Waals surface area contributed by atoms with Crippen molar-refractivity contribution in [3.05, 3.63) is 34.9 Å². The molecule has 0 radical (unpaired) electrons. The quantitative estimate of drug-likeness (QED) is 0.784. The van der Waals surface area contributed by atoms with E-state index in [9.17, 15) is 14.4 Å². The third-order valence-electron chi connectivity index (χ3n) is 4.67. The number of aryl methyl sites for hydroxylation is 1. The smallest absolute Gasteiger partial charge is 0.261 e. The molecule has 0 saturated carbocycles. The van der Waals surface area contributed by atoms with Crippen LogP contribution in [0.1, 0.15) is 53.0 Å². The molecule has 2 heterocycles. The number of amides is 3. The molecule has 25 heavy (non-hydrogen) atoms. The molecule has 0 N–H and O–H groups in total. The van der Waals surface area contributed by atoms with Gasteiger partial charge in [-0.05, 0) is 39.3 Å². The molecule has 0 aromatic heterocycles. The lowest BCUT2D eigenvalue weighted by molar-refractivity contribution is -0.143. The number of hydrogen-bond donors (Lipinski definition) is 0. The van der Waals surface area contributed by atoms with Crippen LogP contribution in [-0.2, 0) is 9.53 Å². The molecule has 2 aliphatic rings. The van der Waals surface area contributed by atoms with Gasteiger partial charge in [-0.1, -0.05) is 11.6 Å². The zero-order chi connectivity index (χ0) is 18.1. The van der Waals surface area contributed by atoms with Crippen LogP contribution in [0.2, 0.25) is 0 Å². The van der Waals surface area contributed by atoms with Crippen molar-refractivity contribution in [3.8, 4) is 0 Å². The maximum Gasteiger partial charge on any atom is 0.261 e. The van der Waals surface area contributed by atoms with E-state index in [1.165, 1.54) is 4.90 Å². The summed E-state index contributed by atoms with van der Waals surface area (Å²) in [5.74, 6) is -0.472. The van der Waals surface area contributed by atoms with Crippen molar-refractivity contribution in [3.63, 3.8) is 0 Å². The summed E-state index contributed by atoms with van der Waals surface area (Å²) in [5.41, 5.74) is 1.87. The first kappa shape index (κ1) is 17.6. The van der Waals surface area contributed by atoms with E-state index < -0.39 is 0 Å². The standard InChI is InChI=1S/C19H24N2O4/c1-12-6-7-15-16(9-12)19(24)21(18(15)23)8-4-5-17(22)20-10-13(2)25-14(3)11-20/h6-7,9,13-14H,4-5,8,10-11H2,1-3H3. The van der Waals surface area contributed by atoms with Crippen molar-refractivity contribution < 1.29 is 19.1 Å². The van der Waals surface area contributed by atoms with Gasteiger partial charge in [0.15, 0.2) is 0 Å². The van der Waals surface area contributed by atoms with Gasteiger partial charge in [-0.3, -0.25) is 19.3 Å². The molecule has 0 spiro atoms. The summed E-state index contributed by atoms with van der Waals surface area (Å²) in [6, 6.07) is 5.28. The van der Waals surface area contributed by atoms with Gasteiger partial charge in [0.05, 0.1) is 23.3 Å². The summed E-state index contributed by atoms with van der Waals surface area (Å²) in [7, 11) is 0. The molecule has 6 heteroatoms. The summed E-state index contributed by atoms with van der Waals surface area (Å²) in [6.07, 6.45) is 0.870. The average Bonchev–Trinajstić information content (AvgIpc) is 2.78. The SMILES string of the molecule is Cc1ccc2c(c1)C(=O)N(CCCC(=O)N1CC(C)OC(C)C1)C2=O. The second-order valence-electron chi connectivity index (χ2n) is 6.97. The minimum Gasteiger partial charge on any atom is -0.372 e. The monoisotopic (exact) mass is 344 g/mol. The Labute approximate surface area is 147 Å². The minimum absolute atomic E-state index is 0.0344. The van der Waals surface area contributed by atoms with Gasteiger partial charge in [-0.15, -0.1) is 0 Å². The number of imide groups is 1. The van der Waals surface area contributed by atoms with E-state index in [4.69, 9.17) is 4.74 Å². The molecule has 0 aliphatic carbocycles. The van der Waals surface area contributed by atoms with Crippen LogP contribution in [0, 0.1) is 6.92 Å². The van der Waals surface area contributed by atoms with Crippen molar-refractivity contribution in [2.75, 3.05) is 19.6 Å². The van der Waals surface area contributed by atoms with Crippen molar-refractivity contribution >= 4 is 17.7 Å². The lowest BCUT2D eigenvalue weighted by Crippen LogP contribution is -2.48. The summed E-state index contributed by atoms with van der Waals surface area (Å²) in [4.78, 5) is 40.2. The summed E-state index contributed by atoms with van der Waals surface area (Å²) in [5, 5.41) is 0. The predicted molar refractivity (Wildman–Crippen MR) is 92.4 cm³/mol. The fraction of sp³-hybridized carbons (Fsp3) is 0.526. The molecule has 1 fully saturated rings. The summed E-state index contributed by atoms with van der Waals surface area (Å²) >= 11 is 0. The van der Waals surface area contributed by atoms with Crippen molar-refractivity contribution in [2.45, 2.75) is 45.8 Å². The van der Waals surface area contributed by atoms with Crippen LogP contribution in [0.4, 0.5) is 0 Å². The second kappa shape index (κ2) is 6.96. The Morgan fingerprint density at radius 1 is 1.12 bits per heavy atom. The molecular formula is C19H24N2O4. The van der Waals surface area contributed by atoms with E-state index in [-0.39, 0.29) is 36.5 Å². The highest BCUT2D eigenvalue weighted by molar-refractivity contribution is 6.21. The highest BCUT2D eigenvalue weighted by atomic mass is 16.5. The summed E-state index contributed by atoms with van der Waals surface area (Å²) < 4.78 is 5.63. The molecule has 134 valence electrons. The highest BCUT2D eigenvalue weighted by Crippen LogP contribution is 2.24. The van der Waals surface area contributed by atoms with E-state index in [0.717, 1.165) is 5.56 Å². The van der Waals surface area contributed by atoms with Crippen LogP contribution in [0.25, 0.3) is 0 Å². The Morgan fingerprint density at radius 3 is 2.44 bits per heavy atom. The average molecular weight is 344 g/mol. The van der Waals surface area contributed by atoms with Crippen LogP contribution in [0.5, 0.6) is 0 Å². The number of hydrogen-bond acceptors (Lipinski definition) is 4. The molecule has 2 unspecified atom stereocenters. The molecule has 1 aromatic rings. The van der Waals surface area contributed by atoms with Gasteiger partial charge in [0.2, 0.25) is 5.91 Å². The zero-order valence-electron chi connectivity index (χ0n) is 14.9. The molecule has 1 aromatic carbocycles. The molecule has 2 atom stereocenters. The third-order valence-corrected chi connectivity index (χ3v) is 4.67. The maximum atomic E-state index is 12.4. The number of ether oxygens (including phenoxy) is 1. The van der Waals surface area contributed by atoms with Crippen LogP contribution in [-0.4, -0.2) is 59.4 Å².